The summed E-state index contributed by atoms with van der Waals surface area (Å²) in [6.45, 7) is 3.57. The van der Waals surface area contributed by atoms with Crippen LogP contribution in [0.2, 0.25) is 0 Å². The van der Waals surface area contributed by atoms with Gasteiger partial charge in [-0.3, -0.25) is 24.6 Å². The molecule has 1 aliphatic heterocycles. The van der Waals surface area contributed by atoms with Gasteiger partial charge in [0, 0.05) is 12.6 Å². The molecule has 0 saturated carbocycles. The number of nitro groups is 1. The molecule has 0 radical (unpaired) electrons. The number of non-ortho nitro benzene ring substituents is 1. The van der Waals surface area contributed by atoms with Crippen molar-refractivity contribution in [2.75, 3.05) is 6.54 Å². The normalized spacial score (nSPS) is 12.7. The van der Waals surface area contributed by atoms with Crippen LogP contribution in [0, 0.1) is 10.1 Å². The van der Waals surface area contributed by atoms with Gasteiger partial charge in [0.1, 0.15) is 5.75 Å². The molecule has 1 aliphatic rings. The Hall–Kier alpha value is -3.81. The van der Waals surface area contributed by atoms with Crippen LogP contribution in [0.25, 0.3) is 0 Å². The Balaban J connectivity index is 1.86. The third kappa shape index (κ3) is 2.95. The molecule has 0 N–H and O–H groups in total. The number of nitrogens with zero attached hydrogens (tertiary/aromatic N) is 2. The second-order valence-electron chi connectivity index (χ2n) is 5.41. The highest BCUT2D eigenvalue weighted by atomic mass is 16.6. The number of esters is 1. The van der Waals surface area contributed by atoms with Gasteiger partial charge >= 0.3 is 5.97 Å². The highest BCUT2D eigenvalue weighted by molar-refractivity contribution is 6.22. The molecule has 0 saturated heterocycles. The van der Waals surface area contributed by atoms with E-state index in [2.05, 4.69) is 6.58 Å². The Bertz CT molecular complexity index is 966. The average molecular weight is 352 g/mol. The van der Waals surface area contributed by atoms with Gasteiger partial charge in [-0.1, -0.05) is 12.1 Å². The van der Waals surface area contributed by atoms with Crippen LogP contribution in [-0.2, 0) is 0 Å². The SMILES string of the molecule is C=CCN1C(=O)c2ccc(C(=O)Oc3cccc([N+](=O)[O-])c3)cc2C1=O. The lowest BCUT2D eigenvalue weighted by Crippen LogP contribution is -2.29. The molecular formula is C18H12N2O6. The summed E-state index contributed by atoms with van der Waals surface area (Å²) in [5.74, 6) is -1.77. The van der Waals surface area contributed by atoms with E-state index in [1.54, 1.807) is 0 Å². The molecule has 1 heterocycles. The molecular weight excluding hydrogens is 340 g/mol. The molecule has 0 atom stereocenters. The van der Waals surface area contributed by atoms with Crippen molar-refractivity contribution < 1.29 is 24.0 Å². The largest absolute Gasteiger partial charge is 0.423 e. The Morgan fingerprint density at radius 2 is 1.88 bits per heavy atom. The highest BCUT2D eigenvalue weighted by Gasteiger charge is 2.35. The number of carbonyl (C=O) groups is 3. The molecule has 0 unspecified atom stereocenters. The van der Waals surface area contributed by atoms with E-state index in [1.807, 2.05) is 0 Å². The number of fused-ring (bicyclic) bond motifs is 1. The fraction of sp³-hybridized carbons (Fsp3) is 0.0556. The van der Waals surface area contributed by atoms with Gasteiger partial charge in [-0.15, -0.1) is 6.58 Å². The van der Waals surface area contributed by atoms with Crippen molar-refractivity contribution in [3.8, 4) is 5.75 Å². The number of rotatable bonds is 5. The van der Waals surface area contributed by atoms with E-state index in [-0.39, 0.29) is 34.7 Å². The van der Waals surface area contributed by atoms with Gasteiger partial charge < -0.3 is 4.74 Å². The van der Waals surface area contributed by atoms with E-state index in [0.717, 1.165) is 11.0 Å². The van der Waals surface area contributed by atoms with Crippen molar-refractivity contribution in [1.29, 1.82) is 0 Å². The molecule has 2 amide bonds. The summed E-state index contributed by atoms with van der Waals surface area (Å²) < 4.78 is 5.12. The van der Waals surface area contributed by atoms with Gasteiger partial charge in [-0.05, 0) is 24.3 Å². The number of hydrogen-bond donors (Lipinski definition) is 0. The molecule has 130 valence electrons. The first-order valence-corrected chi connectivity index (χ1v) is 7.50. The number of nitro benzene ring substituents is 1. The van der Waals surface area contributed by atoms with Gasteiger partial charge in [0.25, 0.3) is 17.5 Å². The smallest absolute Gasteiger partial charge is 0.343 e. The predicted octanol–water partition coefficient (Wildman–Crippen LogP) is 2.60. The van der Waals surface area contributed by atoms with Crippen LogP contribution < -0.4 is 4.74 Å². The number of ether oxygens (including phenoxy) is 1. The lowest BCUT2D eigenvalue weighted by atomic mass is 10.1. The summed E-state index contributed by atoms with van der Waals surface area (Å²) in [5, 5.41) is 10.8. The number of carbonyl (C=O) groups excluding carboxylic acids is 3. The maximum Gasteiger partial charge on any atom is 0.343 e. The predicted molar refractivity (Wildman–Crippen MR) is 90.1 cm³/mol. The lowest BCUT2D eigenvalue weighted by Gasteiger charge is -2.09. The highest BCUT2D eigenvalue weighted by Crippen LogP contribution is 2.25. The standard InChI is InChI=1S/C18H12N2O6/c1-2-8-19-16(21)14-7-6-11(9-15(14)17(19)22)18(23)26-13-5-3-4-12(10-13)20(24)25/h2-7,9-10H,1,8H2. The fourth-order valence-electron chi connectivity index (χ4n) is 2.54. The zero-order valence-electron chi connectivity index (χ0n) is 13.4. The third-order valence-corrected chi connectivity index (χ3v) is 3.76. The van der Waals surface area contributed by atoms with E-state index < -0.39 is 22.7 Å². The number of benzene rings is 2. The maximum absolute atomic E-state index is 12.3. The molecule has 8 heteroatoms. The first-order valence-electron chi connectivity index (χ1n) is 7.50. The topological polar surface area (TPSA) is 107 Å². The second-order valence-corrected chi connectivity index (χ2v) is 5.41. The molecule has 0 spiro atoms. The molecule has 0 bridgehead atoms. The van der Waals surface area contributed by atoms with Crippen LogP contribution in [0.5, 0.6) is 5.75 Å². The average Bonchev–Trinajstić information content (AvgIpc) is 2.87. The Morgan fingerprint density at radius 3 is 2.58 bits per heavy atom. The quantitative estimate of drug-likeness (QED) is 0.204. The Morgan fingerprint density at radius 1 is 1.15 bits per heavy atom. The van der Waals surface area contributed by atoms with Crippen molar-refractivity contribution in [2.45, 2.75) is 0 Å². The molecule has 26 heavy (non-hydrogen) atoms. The van der Waals surface area contributed by atoms with Crippen LogP contribution in [0.3, 0.4) is 0 Å². The number of imide groups is 1. The summed E-state index contributed by atoms with van der Waals surface area (Å²) in [5.41, 5.74) is 0.135. The van der Waals surface area contributed by atoms with Crippen LogP contribution in [0.1, 0.15) is 31.1 Å². The van der Waals surface area contributed by atoms with E-state index in [9.17, 15) is 24.5 Å². The van der Waals surface area contributed by atoms with Crippen molar-refractivity contribution in [2.24, 2.45) is 0 Å². The van der Waals surface area contributed by atoms with Gasteiger partial charge in [-0.2, -0.15) is 0 Å². The fourth-order valence-corrected chi connectivity index (χ4v) is 2.54. The van der Waals surface area contributed by atoms with Crippen LogP contribution in [0.15, 0.2) is 55.1 Å². The van der Waals surface area contributed by atoms with Crippen molar-refractivity contribution in [3.63, 3.8) is 0 Å². The zero-order valence-corrected chi connectivity index (χ0v) is 13.4. The first-order chi connectivity index (χ1) is 12.4. The van der Waals surface area contributed by atoms with Crippen molar-refractivity contribution in [3.05, 3.63) is 81.9 Å². The summed E-state index contributed by atoms with van der Waals surface area (Å²) in [6.07, 6.45) is 1.43. The van der Waals surface area contributed by atoms with Crippen LogP contribution >= 0.6 is 0 Å². The van der Waals surface area contributed by atoms with Gasteiger partial charge in [-0.25, -0.2) is 4.79 Å². The lowest BCUT2D eigenvalue weighted by molar-refractivity contribution is -0.384. The zero-order chi connectivity index (χ0) is 18.8. The van der Waals surface area contributed by atoms with E-state index in [4.69, 9.17) is 4.74 Å². The Labute approximate surface area is 147 Å². The first kappa shape index (κ1) is 17.0. The van der Waals surface area contributed by atoms with Gasteiger partial charge in [0.05, 0.1) is 27.7 Å². The summed E-state index contributed by atoms with van der Waals surface area (Å²) in [4.78, 5) is 47.9. The monoisotopic (exact) mass is 352 g/mol. The minimum atomic E-state index is -0.796. The summed E-state index contributed by atoms with van der Waals surface area (Å²) in [7, 11) is 0. The van der Waals surface area contributed by atoms with E-state index in [0.29, 0.717) is 0 Å². The number of hydrogen-bond acceptors (Lipinski definition) is 6. The van der Waals surface area contributed by atoms with Crippen LogP contribution in [0.4, 0.5) is 5.69 Å². The molecule has 0 aliphatic carbocycles. The molecule has 2 aromatic rings. The summed E-state index contributed by atoms with van der Waals surface area (Å²) in [6, 6.07) is 9.19. The summed E-state index contributed by atoms with van der Waals surface area (Å²) >= 11 is 0. The minimum absolute atomic E-state index is 0.000357. The maximum atomic E-state index is 12.3. The van der Waals surface area contributed by atoms with Crippen LogP contribution in [-0.4, -0.2) is 34.2 Å². The second kappa shape index (κ2) is 6.60. The van der Waals surface area contributed by atoms with Crippen molar-refractivity contribution in [1.82, 2.24) is 4.90 Å². The van der Waals surface area contributed by atoms with Gasteiger partial charge in [0.15, 0.2) is 0 Å². The molecule has 0 aromatic heterocycles. The molecule has 8 nitrogen and oxygen atoms in total. The minimum Gasteiger partial charge on any atom is -0.423 e. The Kier molecular flexibility index (Phi) is 4.32. The number of amides is 2. The van der Waals surface area contributed by atoms with Crippen molar-refractivity contribution >= 4 is 23.5 Å². The molecule has 2 aromatic carbocycles. The third-order valence-electron chi connectivity index (χ3n) is 3.76. The molecule has 0 fully saturated rings. The van der Waals surface area contributed by atoms with E-state index in [1.165, 1.54) is 42.5 Å². The van der Waals surface area contributed by atoms with E-state index >= 15 is 0 Å². The molecule has 3 rings (SSSR count). The van der Waals surface area contributed by atoms with Gasteiger partial charge in [0.2, 0.25) is 0 Å².